The summed E-state index contributed by atoms with van der Waals surface area (Å²) in [6.07, 6.45) is 1.38. The zero-order chi connectivity index (χ0) is 52.9. The fourth-order valence-corrected chi connectivity index (χ4v) is 5.88. The molecule has 0 aliphatic heterocycles. The summed E-state index contributed by atoms with van der Waals surface area (Å²) in [4.78, 5) is 117. The molecule has 404 valence electrons. The quantitative estimate of drug-likeness (QED) is 0.0448. The Morgan fingerprint density at radius 3 is 0.657 bits per heavy atom. The van der Waals surface area contributed by atoms with Gasteiger partial charge in [0.05, 0.1) is 78.2 Å². The first kappa shape index (κ1) is 65.1. The van der Waals surface area contributed by atoms with Gasteiger partial charge in [-0.1, -0.05) is 80.1 Å². The number of rotatable bonds is 42. The van der Waals surface area contributed by atoms with Gasteiger partial charge in [0, 0.05) is 19.6 Å². The van der Waals surface area contributed by atoms with Crippen molar-refractivity contribution in [2.45, 2.75) is 174 Å². The predicted molar refractivity (Wildman–Crippen MR) is 247 cm³/mol. The third kappa shape index (κ3) is 29.3. The van der Waals surface area contributed by atoms with E-state index < -0.39 is 129 Å². The Labute approximate surface area is 412 Å². The molecule has 0 saturated carbocycles. The highest BCUT2D eigenvalue weighted by Gasteiger charge is 2.46. The van der Waals surface area contributed by atoms with E-state index in [1.807, 2.05) is 41.5 Å². The van der Waals surface area contributed by atoms with Gasteiger partial charge in [-0.3, -0.25) is 33.7 Å². The number of hydrogen-bond donors (Lipinski definition) is 3. The lowest BCUT2D eigenvalue weighted by molar-refractivity contribution is -0.178. The molecule has 0 bridgehead atoms. The molecule has 0 radical (unpaired) electrons. The zero-order valence-corrected chi connectivity index (χ0v) is 42.4. The van der Waals surface area contributed by atoms with Gasteiger partial charge in [0.2, 0.25) is 0 Å². The summed E-state index contributed by atoms with van der Waals surface area (Å²) in [5.74, 6) is -9.81. The molecule has 0 fully saturated rings. The molecule has 70 heavy (non-hydrogen) atoms. The van der Waals surface area contributed by atoms with Crippen LogP contribution in [0.2, 0.25) is 0 Å². The van der Waals surface area contributed by atoms with Crippen LogP contribution in [0, 0.1) is 0 Å². The molecule has 3 N–H and O–H groups in total. The van der Waals surface area contributed by atoms with Gasteiger partial charge in [-0.15, -0.1) is 0 Å². The molecular formula is C48H81NO21. The van der Waals surface area contributed by atoms with E-state index in [4.69, 9.17) is 42.6 Å². The maximum absolute atomic E-state index is 13.1. The second kappa shape index (κ2) is 37.8. The molecule has 22 heteroatoms. The minimum atomic E-state index is -2.62. The van der Waals surface area contributed by atoms with Crippen molar-refractivity contribution in [1.29, 1.82) is 0 Å². The summed E-state index contributed by atoms with van der Waals surface area (Å²) < 4.78 is 46.6. The van der Waals surface area contributed by atoms with Crippen LogP contribution in [0.15, 0.2) is 0 Å². The summed E-state index contributed by atoms with van der Waals surface area (Å²) in [7, 11) is 0. The minimum Gasteiger partial charge on any atom is -0.466 e. The molecule has 3 unspecified atom stereocenters. The van der Waals surface area contributed by atoms with Crippen molar-refractivity contribution in [3.8, 4) is 0 Å². The van der Waals surface area contributed by atoms with Gasteiger partial charge in [-0.2, -0.15) is 0 Å². The van der Waals surface area contributed by atoms with Gasteiger partial charge in [0.25, 0.3) is 0 Å². The first-order chi connectivity index (χ1) is 33.3. The predicted octanol–water partition coefficient (Wildman–Crippen LogP) is 3.51. The molecule has 3 atom stereocenters. The number of ether oxygens (including phenoxy) is 9. The van der Waals surface area contributed by atoms with Crippen molar-refractivity contribution in [2.75, 3.05) is 79.1 Å². The van der Waals surface area contributed by atoms with Gasteiger partial charge >= 0.3 is 53.7 Å². The monoisotopic (exact) mass is 1010 g/mol. The third-order valence-corrected chi connectivity index (χ3v) is 10.2. The summed E-state index contributed by atoms with van der Waals surface area (Å²) >= 11 is 0. The molecule has 0 spiro atoms. The molecule has 0 aromatic carbocycles. The first-order valence-electron chi connectivity index (χ1n) is 24.6. The second-order valence-electron chi connectivity index (χ2n) is 16.8. The van der Waals surface area contributed by atoms with Crippen LogP contribution in [0.25, 0.3) is 0 Å². The van der Waals surface area contributed by atoms with E-state index in [1.165, 1.54) is 4.90 Å². The van der Waals surface area contributed by atoms with Crippen LogP contribution in [0.3, 0.4) is 0 Å². The van der Waals surface area contributed by atoms with Gasteiger partial charge in [-0.05, 0) is 38.5 Å². The van der Waals surface area contributed by atoms with Crippen LogP contribution in [0.5, 0.6) is 0 Å². The average Bonchev–Trinajstić information content (AvgIpc) is 3.28. The fourth-order valence-electron chi connectivity index (χ4n) is 5.88. The lowest BCUT2D eigenvalue weighted by atomic mass is 9.95. The van der Waals surface area contributed by atoms with E-state index >= 15 is 0 Å². The topological polar surface area (TPSA) is 301 Å². The zero-order valence-electron chi connectivity index (χ0n) is 42.4. The van der Waals surface area contributed by atoms with Crippen LogP contribution in [-0.2, 0) is 85.8 Å². The van der Waals surface area contributed by atoms with E-state index in [-0.39, 0.29) is 59.3 Å². The van der Waals surface area contributed by atoms with Crippen LogP contribution >= 0.6 is 0 Å². The van der Waals surface area contributed by atoms with Crippen LogP contribution in [0.4, 0.5) is 0 Å². The molecule has 0 aliphatic rings. The summed E-state index contributed by atoms with van der Waals surface area (Å²) in [5.41, 5.74) is -7.86. The smallest absolute Gasteiger partial charge is 0.339 e. The number of esters is 9. The van der Waals surface area contributed by atoms with Crippen molar-refractivity contribution in [3.63, 3.8) is 0 Å². The molecular weight excluding hydrogens is 927 g/mol. The Balaban J connectivity index is 6.22. The normalized spacial score (nSPS) is 13.6. The average molecular weight is 1010 g/mol. The van der Waals surface area contributed by atoms with E-state index in [0.29, 0.717) is 77.0 Å². The van der Waals surface area contributed by atoms with E-state index in [9.17, 15) is 58.5 Å². The molecule has 0 saturated heterocycles. The molecule has 0 heterocycles. The summed E-state index contributed by atoms with van der Waals surface area (Å²) in [5, 5.41) is 33.7. The van der Waals surface area contributed by atoms with E-state index in [0.717, 1.165) is 0 Å². The van der Waals surface area contributed by atoms with Crippen LogP contribution < -0.4 is 0 Å². The van der Waals surface area contributed by atoms with Crippen molar-refractivity contribution in [3.05, 3.63) is 0 Å². The lowest BCUT2D eigenvalue weighted by Crippen LogP contribution is -2.45. The summed E-state index contributed by atoms with van der Waals surface area (Å²) in [6.45, 7) is 9.15. The van der Waals surface area contributed by atoms with Crippen molar-refractivity contribution in [2.24, 2.45) is 0 Å². The van der Waals surface area contributed by atoms with Gasteiger partial charge in [0.1, 0.15) is 19.8 Å². The van der Waals surface area contributed by atoms with Crippen molar-refractivity contribution < 1.29 is 101 Å². The largest absolute Gasteiger partial charge is 0.466 e. The highest BCUT2D eigenvalue weighted by atomic mass is 16.6. The molecule has 0 aromatic heterocycles. The maximum atomic E-state index is 13.1. The Morgan fingerprint density at radius 1 is 0.300 bits per heavy atom. The number of carbonyl (C=O) groups is 9. The number of nitrogens with zero attached hydrogens (tertiary/aromatic N) is 1. The standard InChI is InChI=1S/C48H81NO21/c1-7-13-22-62-37(50)31-46(59,43(56)68-25-16-10-4)34-40(53)65-28-19-49(20-29-66-41(54)35-47(60,44(57)69-26-17-11-5)32-38(51)63-23-14-8-2)21-30-67-42(55)36-48(61,45(58)70-27-18-12-6)33-39(52)64-24-15-9-3/h59-61H,7-36H2,1-6H3. The Hall–Kier alpha value is -4.93. The maximum Gasteiger partial charge on any atom is 0.339 e. The van der Waals surface area contributed by atoms with Gasteiger partial charge < -0.3 is 58.0 Å². The molecule has 0 rings (SSSR count). The minimum absolute atomic E-state index is 0.0294. The highest BCUT2D eigenvalue weighted by molar-refractivity contribution is 5.91. The molecule has 22 nitrogen and oxygen atoms in total. The third-order valence-electron chi connectivity index (χ3n) is 10.2. The Morgan fingerprint density at radius 2 is 0.471 bits per heavy atom. The number of aliphatic hydroxyl groups is 3. The first-order valence-corrected chi connectivity index (χ1v) is 24.6. The molecule has 0 aromatic rings. The SMILES string of the molecule is CCCCOC(=O)CC(O)(CC(=O)OCCN(CCOC(=O)CC(O)(CC(=O)OCCCC)C(=O)OCCCC)CCOC(=O)CC(O)(CC(=O)OCCCC)C(=O)OCCCC)C(=O)OCCCC. The van der Waals surface area contributed by atoms with E-state index in [1.54, 1.807) is 0 Å². The van der Waals surface area contributed by atoms with Crippen LogP contribution in [0.1, 0.15) is 157 Å². The highest BCUT2D eigenvalue weighted by Crippen LogP contribution is 2.23. The molecule has 0 aliphatic carbocycles. The number of carbonyl (C=O) groups excluding carboxylic acids is 9. The summed E-state index contributed by atoms with van der Waals surface area (Å²) in [6, 6.07) is 0. The Kier molecular flexibility index (Phi) is 35.2. The molecule has 0 amide bonds. The van der Waals surface area contributed by atoms with Gasteiger partial charge in [-0.25, -0.2) is 14.4 Å². The van der Waals surface area contributed by atoms with Gasteiger partial charge in [0.15, 0.2) is 16.8 Å². The number of hydrogen-bond acceptors (Lipinski definition) is 22. The lowest BCUT2D eigenvalue weighted by Gasteiger charge is -2.26. The number of unbranched alkanes of at least 4 members (excludes halogenated alkanes) is 6. The Bertz CT molecular complexity index is 1410. The fraction of sp³-hybridized carbons (Fsp3) is 0.812. The second-order valence-corrected chi connectivity index (χ2v) is 16.8. The van der Waals surface area contributed by atoms with Crippen molar-refractivity contribution >= 4 is 53.7 Å². The van der Waals surface area contributed by atoms with Crippen molar-refractivity contribution in [1.82, 2.24) is 4.90 Å². The van der Waals surface area contributed by atoms with E-state index in [2.05, 4.69) is 0 Å². The van der Waals surface area contributed by atoms with Crippen LogP contribution in [-0.4, -0.2) is 170 Å².